The van der Waals surface area contributed by atoms with E-state index in [1.807, 2.05) is 36.7 Å². The van der Waals surface area contributed by atoms with E-state index in [2.05, 4.69) is 108 Å². The summed E-state index contributed by atoms with van der Waals surface area (Å²) in [6.07, 6.45) is 8.31. The molecule has 3 aromatic carbocycles. The van der Waals surface area contributed by atoms with Crippen LogP contribution in [0.2, 0.25) is 0 Å². The SMILES string of the molecule is C[N+]1=C2N(CCCc3cc(C(C)(C)C)cc4c3[O][Al][O]c3c(cc(C(C)(C)C)cc3C(C)(C)C)C=Nc3ccccc3N=C4)CCCN2CCC1. The van der Waals surface area contributed by atoms with Crippen LogP contribution in [0.1, 0.15) is 115 Å². The molecule has 1 radical (unpaired) electrons. The topological polar surface area (TPSA) is 52.7 Å². The molecule has 0 N–H and O–H groups in total. The van der Waals surface area contributed by atoms with E-state index in [1.165, 1.54) is 48.6 Å². The standard InChI is InChI=1S/C43H59N5O2.Al/c1-41(2,3)33-24-30(16-13-20-47-22-15-23-48-21-14-19-46(10)40(47)48)38(49)31(25-33)28-44-36-17-11-12-18-37(36)45-29-32-26-34(42(4,5)6)27-35(39(32)50)43(7,8)9;/h11-12,17-18,24-29H,13-16,19-23H2,1-10H3,(H-,44,45,49,50);/q;+2/p-1. The van der Waals surface area contributed by atoms with Crippen LogP contribution >= 0.6 is 0 Å². The molecule has 6 rings (SSSR count). The van der Waals surface area contributed by atoms with Crippen molar-refractivity contribution in [2.75, 3.05) is 39.8 Å². The van der Waals surface area contributed by atoms with Gasteiger partial charge in [-0.15, -0.1) is 0 Å². The first-order valence-corrected chi connectivity index (χ1v) is 19.8. The lowest BCUT2D eigenvalue weighted by Gasteiger charge is -2.36. The number of fused-ring (bicyclic) bond motifs is 4. The summed E-state index contributed by atoms with van der Waals surface area (Å²) < 4.78 is 16.1. The van der Waals surface area contributed by atoms with Crippen molar-refractivity contribution in [3.8, 4) is 11.5 Å². The first-order chi connectivity index (χ1) is 24.1. The Labute approximate surface area is 313 Å². The van der Waals surface area contributed by atoms with Crippen molar-refractivity contribution in [2.24, 2.45) is 9.98 Å². The average molecular weight is 704 g/mol. The van der Waals surface area contributed by atoms with Gasteiger partial charge in [0.15, 0.2) is 0 Å². The van der Waals surface area contributed by atoms with Gasteiger partial charge < -0.3 is 7.58 Å². The summed E-state index contributed by atoms with van der Waals surface area (Å²) in [4.78, 5) is 15.3. The van der Waals surface area contributed by atoms with Crippen molar-refractivity contribution in [3.05, 3.63) is 81.9 Å². The molecule has 0 unspecified atom stereocenters. The van der Waals surface area contributed by atoms with E-state index in [9.17, 15) is 0 Å². The Balaban J connectivity index is 1.42. The molecule has 0 aromatic heterocycles. The third-order valence-electron chi connectivity index (χ3n) is 10.3. The Hall–Kier alpha value is -3.60. The van der Waals surface area contributed by atoms with Crippen LogP contribution in [0.4, 0.5) is 11.4 Å². The molecule has 0 atom stereocenters. The highest BCUT2D eigenvalue weighted by atomic mass is 27.2. The highest BCUT2D eigenvalue weighted by Crippen LogP contribution is 2.39. The molecule has 0 aliphatic carbocycles. The fourth-order valence-corrected chi connectivity index (χ4v) is 8.13. The number of hydrogen-bond donors (Lipinski definition) is 0. The second-order valence-electron chi connectivity index (χ2n) is 17.6. The predicted molar refractivity (Wildman–Crippen MR) is 214 cm³/mol. The van der Waals surface area contributed by atoms with Gasteiger partial charge >= 0.3 is 21.8 Å². The van der Waals surface area contributed by atoms with Crippen molar-refractivity contribution in [3.63, 3.8) is 0 Å². The zero-order valence-corrected chi connectivity index (χ0v) is 33.9. The lowest BCUT2D eigenvalue weighted by Crippen LogP contribution is -2.57. The van der Waals surface area contributed by atoms with Crippen LogP contribution < -0.4 is 7.58 Å². The maximum Gasteiger partial charge on any atom is 0.881 e. The van der Waals surface area contributed by atoms with Crippen LogP contribution in [-0.4, -0.2) is 88.4 Å². The zero-order chi connectivity index (χ0) is 36.6. The van der Waals surface area contributed by atoms with Gasteiger partial charge in [0.2, 0.25) is 0 Å². The fourth-order valence-electron chi connectivity index (χ4n) is 7.34. The Bertz CT molecular complexity index is 1840. The van der Waals surface area contributed by atoms with Gasteiger partial charge in [-0.2, -0.15) is 0 Å². The molecule has 3 aromatic rings. The Morgan fingerprint density at radius 2 is 1.31 bits per heavy atom. The number of hydrogen-bond acceptors (Lipinski definition) is 6. The smallest absolute Gasteiger partial charge is 0.615 e. The lowest BCUT2D eigenvalue weighted by atomic mass is 9.79. The van der Waals surface area contributed by atoms with Crippen molar-refractivity contribution >= 4 is 45.7 Å². The number of aryl methyl sites for hydroxylation is 1. The summed E-state index contributed by atoms with van der Waals surface area (Å²) in [5.74, 6) is 3.14. The lowest BCUT2D eigenvalue weighted by molar-refractivity contribution is -0.515. The van der Waals surface area contributed by atoms with Crippen molar-refractivity contribution in [1.82, 2.24) is 9.80 Å². The highest BCUT2D eigenvalue weighted by molar-refractivity contribution is 6.21. The summed E-state index contributed by atoms with van der Waals surface area (Å²) >= 11 is -0.877. The van der Waals surface area contributed by atoms with E-state index in [-0.39, 0.29) is 16.2 Å². The van der Waals surface area contributed by atoms with Crippen molar-refractivity contribution < 1.29 is 12.2 Å². The maximum absolute atomic E-state index is 6.85. The minimum Gasteiger partial charge on any atom is -0.615 e. The van der Waals surface area contributed by atoms with Crippen LogP contribution in [0.25, 0.3) is 0 Å². The minimum absolute atomic E-state index is 0.0361. The van der Waals surface area contributed by atoms with Gasteiger partial charge in [0.25, 0.3) is 0 Å². The van der Waals surface area contributed by atoms with E-state index in [0.29, 0.717) is 0 Å². The minimum atomic E-state index is -0.877. The molecule has 1 saturated heterocycles. The summed E-state index contributed by atoms with van der Waals surface area (Å²) in [5, 5.41) is 0. The average Bonchev–Trinajstić information content (AvgIpc) is 3.07. The quantitative estimate of drug-likeness (QED) is 0.202. The second-order valence-corrected chi connectivity index (χ2v) is 18.3. The molecule has 7 nitrogen and oxygen atoms in total. The van der Waals surface area contributed by atoms with Crippen LogP contribution in [-0.2, 0) is 22.7 Å². The molecular weight excluding hydrogens is 645 g/mol. The number of aliphatic imine (C=N–C) groups is 2. The summed E-state index contributed by atoms with van der Waals surface area (Å²) in [6, 6.07) is 17.3. The molecular formula is C43H58AlN5O2+. The summed E-state index contributed by atoms with van der Waals surface area (Å²) in [5.41, 5.74) is 8.28. The predicted octanol–water partition coefficient (Wildman–Crippen LogP) is 8.73. The second kappa shape index (κ2) is 14.8. The molecule has 0 spiro atoms. The number of nitrogens with zero attached hydrogens (tertiary/aromatic N) is 5. The van der Waals surface area contributed by atoms with E-state index in [4.69, 9.17) is 17.6 Å². The zero-order valence-electron chi connectivity index (χ0n) is 32.8. The van der Waals surface area contributed by atoms with Gasteiger partial charge in [0.1, 0.15) is 0 Å². The Kier molecular flexibility index (Phi) is 10.8. The largest absolute Gasteiger partial charge is 0.881 e. The number of rotatable bonds is 4. The molecule has 1 fully saturated rings. The fraction of sp³-hybridized carbons (Fsp3) is 0.512. The van der Waals surface area contributed by atoms with Gasteiger partial charge in [-0.3, -0.25) is 24.4 Å². The van der Waals surface area contributed by atoms with Crippen LogP contribution in [0.3, 0.4) is 0 Å². The van der Waals surface area contributed by atoms with E-state index in [1.54, 1.807) is 0 Å². The molecule has 0 amide bonds. The maximum atomic E-state index is 6.85. The van der Waals surface area contributed by atoms with Gasteiger partial charge in [-0.25, -0.2) is 0 Å². The molecule has 51 heavy (non-hydrogen) atoms. The van der Waals surface area contributed by atoms with E-state index in [0.717, 1.165) is 72.0 Å². The van der Waals surface area contributed by atoms with Crippen LogP contribution in [0, 0.1) is 0 Å². The normalized spacial score (nSPS) is 16.7. The molecule has 3 aliphatic heterocycles. The van der Waals surface area contributed by atoms with Gasteiger partial charge in [-0.1, -0.05) is 86.6 Å². The summed E-state index contributed by atoms with van der Waals surface area (Å²) in [6.45, 7) is 26.0. The van der Waals surface area contributed by atoms with Crippen LogP contribution in [0.15, 0.2) is 58.5 Å². The molecule has 3 aliphatic rings. The summed E-state index contributed by atoms with van der Waals surface area (Å²) in [7, 11) is 2.25. The third kappa shape index (κ3) is 8.56. The van der Waals surface area contributed by atoms with Crippen LogP contribution in [0.5, 0.6) is 11.5 Å². The Morgan fingerprint density at radius 1 is 0.725 bits per heavy atom. The molecule has 8 heteroatoms. The molecule has 0 bridgehead atoms. The number of guanidine groups is 1. The monoisotopic (exact) mass is 703 g/mol. The third-order valence-corrected chi connectivity index (χ3v) is 11.0. The molecule has 3 heterocycles. The first-order valence-electron chi connectivity index (χ1n) is 18.9. The van der Waals surface area contributed by atoms with Crippen molar-refractivity contribution in [2.45, 2.75) is 104 Å². The molecule has 269 valence electrons. The van der Waals surface area contributed by atoms with Crippen molar-refractivity contribution in [1.29, 1.82) is 0 Å². The van der Waals surface area contributed by atoms with Gasteiger partial charge in [-0.05, 0) is 75.6 Å². The number of para-hydroxylation sites is 2. The van der Waals surface area contributed by atoms with Gasteiger partial charge in [0.05, 0.1) is 62.6 Å². The Morgan fingerprint density at radius 3 is 1.94 bits per heavy atom. The molecule has 0 saturated carbocycles. The van der Waals surface area contributed by atoms with Gasteiger partial charge in [0, 0.05) is 36.4 Å². The first kappa shape index (κ1) is 37.2. The van der Waals surface area contributed by atoms with E-state index >= 15 is 0 Å². The van der Waals surface area contributed by atoms with E-state index < -0.39 is 15.9 Å². The number of benzene rings is 3. The highest BCUT2D eigenvalue weighted by Gasteiger charge is 2.34.